The Morgan fingerprint density at radius 3 is 2.58 bits per heavy atom. The molecule has 2 aliphatic heterocycles. The van der Waals surface area contributed by atoms with Gasteiger partial charge < -0.3 is 9.80 Å². The minimum atomic E-state index is -3.12. The molecular weight excluding hydrogens is 321 g/mol. The first-order valence-electron chi connectivity index (χ1n) is 7.87. The van der Waals surface area contributed by atoms with Crippen LogP contribution in [0.5, 0.6) is 0 Å². The number of alkyl halides is 2. The van der Waals surface area contributed by atoms with E-state index >= 15 is 0 Å². The monoisotopic (exact) mass is 340 g/mol. The summed E-state index contributed by atoms with van der Waals surface area (Å²) in [5.41, 5.74) is -1.05. The molecule has 2 fully saturated rings. The van der Waals surface area contributed by atoms with Crippen molar-refractivity contribution >= 4 is 11.8 Å². The molecular formula is C17H19F3N2O2. The van der Waals surface area contributed by atoms with Gasteiger partial charge in [0.1, 0.15) is 5.82 Å². The summed E-state index contributed by atoms with van der Waals surface area (Å²) in [5, 5.41) is 0. The first-order valence-corrected chi connectivity index (χ1v) is 7.87. The summed E-state index contributed by atoms with van der Waals surface area (Å²) in [6, 6.07) is 5.78. The van der Waals surface area contributed by atoms with Crippen molar-refractivity contribution in [3.8, 4) is 0 Å². The highest BCUT2D eigenvalue weighted by atomic mass is 19.3. The van der Waals surface area contributed by atoms with Crippen molar-refractivity contribution < 1.29 is 22.8 Å². The van der Waals surface area contributed by atoms with Crippen LogP contribution in [0, 0.1) is 11.2 Å². The van der Waals surface area contributed by atoms with Gasteiger partial charge in [-0.15, -0.1) is 0 Å². The Morgan fingerprint density at radius 2 is 1.96 bits per heavy atom. The van der Waals surface area contributed by atoms with E-state index in [1.54, 1.807) is 13.1 Å². The fraction of sp³-hybridized carbons (Fsp3) is 0.529. The van der Waals surface area contributed by atoms with Crippen molar-refractivity contribution in [1.82, 2.24) is 9.80 Å². The molecule has 1 spiro atoms. The van der Waals surface area contributed by atoms with Crippen LogP contribution in [0.1, 0.15) is 18.4 Å². The van der Waals surface area contributed by atoms with Gasteiger partial charge in [-0.3, -0.25) is 9.59 Å². The number of carbonyl (C=O) groups is 2. The number of benzene rings is 1. The lowest BCUT2D eigenvalue weighted by Gasteiger charge is -2.42. The van der Waals surface area contributed by atoms with Gasteiger partial charge in [0.05, 0.1) is 18.4 Å². The molecule has 2 amide bonds. The zero-order valence-electron chi connectivity index (χ0n) is 13.4. The SMILES string of the molecule is CN1CC[C@@]2(CN(C(=O)Cc3ccccc3F)CC(F)(F)C2)C1=O. The third-order valence-corrected chi connectivity index (χ3v) is 4.89. The molecule has 1 aromatic carbocycles. The molecule has 2 heterocycles. The second-order valence-corrected chi connectivity index (χ2v) is 6.81. The van der Waals surface area contributed by atoms with Gasteiger partial charge in [0.15, 0.2) is 0 Å². The molecule has 24 heavy (non-hydrogen) atoms. The van der Waals surface area contributed by atoms with Crippen LogP contribution in [0.3, 0.4) is 0 Å². The third-order valence-electron chi connectivity index (χ3n) is 4.89. The minimum absolute atomic E-state index is 0.0287. The maximum absolute atomic E-state index is 14.2. The Kier molecular flexibility index (Phi) is 4.05. The molecule has 2 aliphatic rings. The maximum Gasteiger partial charge on any atom is 0.266 e. The van der Waals surface area contributed by atoms with Crippen LogP contribution in [-0.4, -0.2) is 54.2 Å². The van der Waals surface area contributed by atoms with E-state index in [1.807, 2.05) is 0 Å². The molecule has 4 nitrogen and oxygen atoms in total. The maximum atomic E-state index is 14.2. The molecule has 1 aromatic rings. The average Bonchev–Trinajstić information content (AvgIpc) is 2.76. The highest BCUT2D eigenvalue weighted by Crippen LogP contribution is 2.45. The van der Waals surface area contributed by atoms with Crippen molar-refractivity contribution in [2.45, 2.75) is 25.2 Å². The fourth-order valence-electron chi connectivity index (χ4n) is 3.71. The Labute approximate surface area is 138 Å². The smallest absolute Gasteiger partial charge is 0.266 e. The number of hydrogen-bond acceptors (Lipinski definition) is 2. The first-order chi connectivity index (χ1) is 11.2. The molecule has 0 bridgehead atoms. The normalized spacial score (nSPS) is 26.2. The number of rotatable bonds is 2. The van der Waals surface area contributed by atoms with Crippen LogP contribution >= 0.6 is 0 Å². The number of hydrogen-bond donors (Lipinski definition) is 0. The van der Waals surface area contributed by atoms with E-state index in [2.05, 4.69) is 0 Å². The van der Waals surface area contributed by atoms with E-state index < -0.39 is 36.0 Å². The second kappa shape index (κ2) is 5.79. The third kappa shape index (κ3) is 2.99. The molecule has 0 aliphatic carbocycles. The predicted octanol–water partition coefficient (Wildman–Crippen LogP) is 2.08. The van der Waals surface area contributed by atoms with Crippen LogP contribution in [0.15, 0.2) is 24.3 Å². The standard InChI is InChI=1S/C17H19F3N2O2/c1-21-7-6-16(15(21)24)9-17(19,20)11-22(10-16)14(23)8-12-4-2-3-5-13(12)18/h2-5H,6-11H2,1H3/t16-/m1/s1. The van der Waals surface area contributed by atoms with Crippen LogP contribution in [0.2, 0.25) is 0 Å². The Hall–Kier alpha value is -2.05. The lowest BCUT2D eigenvalue weighted by atomic mass is 9.77. The van der Waals surface area contributed by atoms with Gasteiger partial charge in [-0.25, -0.2) is 13.2 Å². The summed E-state index contributed by atoms with van der Waals surface area (Å²) in [7, 11) is 1.58. The second-order valence-electron chi connectivity index (χ2n) is 6.81. The molecule has 0 N–H and O–H groups in total. The molecule has 130 valence electrons. The van der Waals surface area contributed by atoms with Gasteiger partial charge >= 0.3 is 0 Å². The number of carbonyl (C=O) groups excluding carboxylic acids is 2. The van der Waals surface area contributed by atoms with Crippen molar-refractivity contribution in [3.63, 3.8) is 0 Å². The highest BCUT2D eigenvalue weighted by molar-refractivity contribution is 5.87. The molecule has 0 unspecified atom stereocenters. The zero-order valence-corrected chi connectivity index (χ0v) is 13.4. The van der Waals surface area contributed by atoms with E-state index in [4.69, 9.17) is 0 Å². The molecule has 0 saturated carbocycles. The summed E-state index contributed by atoms with van der Waals surface area (Å²) in [6.07, 6.45) is -0.517. The van der Waals surface area contributed by atoms with Gasteiger partial charge in [0.2, 0.25) is 11.8 Å². The van der Waals surface area contributed by atoms with Crippen molar-refractivity contribution in [2.75, 3.05) is 26.7 Å². The van der Waals surface area contributed by atoms with Crippen molar-refractivity contribution in [3.05, 3.63) is 35.6 Å². The number of likely N-dealkylation sites (tertiary alicyclic amines) is 2. The van der Waals surface area contributed by atoms with Crippen LogP contribution < -0.4 is 0 Å². The Morgan fingerprint density at radius 1 is 1.25 bits per heavy atom. The lowest BCUT2D eigenvalue weighted by molar-refractivity contribution is -0.162. The van der Waals surface area contributed by atoms with E-state index in [0.717, 1.165) is 4.90 Å². The summed E-state index contributed by atoms with van der Waals surface area (Å²) in [6.45, 7) is -0.345. The Bertz CT molecular complexity index is 680. The Balaban J connectivity index is 1.81. The van der Waals surface area contributed by atoms with Crippen LogP contribution in [-0.2, 0) is 16.0 Å². The van der Waals surface area contributed by atoms with Crippen LogP contribution in [0.25, 0.3) is 0 Å². The summed E-state index contributed by atoms with van der Waals surface area (Å²) in [5.74, 6) is -4.59. The molecule has 0 radical (unpaired) electrons. The number of halogens is 3. The van der Waals surface area contributed by atoms with Gasteiger partial charge in [0, 0.05) is 26.6 Å². The van der Waals surface area contributed by atoms with Gasteiger partial charge in [-0.1, -0.05) is 18.2 Å². The molecule has 0 aromatic heterocycles. The molecule has 1 atom stereocenters. The van der Waals surface area contributed by atoms with E-state index in [9.17, 15) is 22.8 Å². The van der Waals surface area contributed by atoms with Crippen molar-refractivity contribution in [1.29, 1.82) is 0 Å². The molecule has 3 rings (SSSR count). The molecule has 2 saturated heterocycles. The largest absolute Gasteiger partial charge is 0.345 e. The topological polar surface area (TPSA) is 40.6 Å². The van der Waals surface area contributed by atoms with Crippen LogP contribution in [0.4, 0.5) is 13.2 Å². The predicted molar refractivity (Wildman–Crippen MR) is 80.9 cm³/mol. The van der Waals surface area contributed by atoms with E-state index in [0.29, 0.717) is 13.0 Å². The quantitative estimate of drug-likeness (QED) is 0.827. The van der Waals surface area contributed by atoms with E-state index in [-0.39, 0.29) is 24.4 Å². The van der Waals surface area contributed by atoms with Gasteiger partial charge in [-0.2, -0.15) is 0 Å². The van der Waals surface area contributed by atoms with Gasteiger partial charge in [-0.05, 0) is 18.1 Å². The number of piperidine rings is 1. The minimum Gasteiger partial charge on any atom is -0.345 e. The summed E-state index contributed by atoms with van der Waals surface area (Å²) < 4.78 is 42.1. The zero-order chi connectivity index (χ0) is 17.5. The molecule has 7 heteroatoms. The van der Waals surface area contributed by atoms with Gasteiger partial charge in [0.25, 0.3) is 5.92 Å². The number of nitrogens with zero attached hydrogens (tertiary/aromatic N) is 2. The summed E-state index contributed by atoms with van der Waals surface area (Å²) >= 11 is 0. The average molecular weight is 340 g/mol. The van der Waals surface area contributed by atoms with E-state index in [1.165, 1.54) is 23.1 Å². The fourth-order valence-corrected chi connectivity index (χ4v) is 3.71. The number of amides is 2. The highest BCUT2D eigenvalue weighted by Gasteiger charge is 2.56. The summed E-state index contributed by atoms with van der Waals surface area (Å²) in [4.78, 5) is 27.2. The first kappa shape index (κ1) is 16.8. The van der Waals surface area contributed by atoms with Crippen molar-refractivity contribution in [2.24, 2.45) is 5.41 Å². The lowest BCUT2D eigenvalue weighted by Crippen LogP contribution is -2.57.